The number of nitrogens with two attached hydrogens (primary N) is 1. The Morgan fingerprint density at radius 3 is 2.32 bits per heavy atom. The molecule has 3 N–H and O–H groups in total. The largest absolute Gasteiger partial charge is 0.449 e. The van der Waals surface area contributed by atoms with Crippen molar-refractivity contribution in [1.82, 2.24) is 0 Å². The molecule has 0 heterocycles. The van der Waals surface area contributed by atoms with Crippen LogP contribution < -0.4 is 15.8 Å². The van der Waals surface area contributed by atoms with Gasteiger partial charge in [0.25, 0.3) is 5.91 Å². The summed E-state index contributed by atoms with van der Waals surface area (Å²) in [5.41, 5.74) is 6.24. The fourth-order valence-corrected chi connectivity index (χ4v) is 1.93. The third kappa shape index (κ3) is 5.17. The van der Waals surface area contributed by atoms with Crippen molar-refractivity contribution in [2.24, 2.45) is 5.73 Å². The molecule has 1 amide bonds. The lowest BCUT2D eigenvalue weighted by Gasteiger charge is -2.14. The van der Waals surface area contributed by atoms with E-state index in [4.69, 9.17) is 10.5 Å². The normalized spacial score (nSPS) is 11.7. The van der Waals surface area contributed by atoms with E-state index in [1.54, 1.807) is 18.2 Å². The number of esters is 1. The lowest BCUT2D eigenvalue weighted by molar-refractivity contribution is -0.125. The summed E-state index contributed by atoms with van der Waals surface area (Å²) in [5, 5.41) is 2.98. The number of amides is 1. The quantitative estimate of drug-likeness (QED) is 0.749. The predicted octanol–water partition coefficient (Wildman–Crippen LogP) is 3.06. The second-order valence-corrected chi connectivity index (χ2v) is 5.02. The first-order chi connectivity index (χ1) is 11.9. The van der Waals surface area contributed by atoms with Gasteiger partial charge < -0.3 is 20.5 Å². The Balaban J connectivity index is 2.15. The van der Waals surface area contributed by atoms with Crippen LogP contribution in [0, 0.1) is 0 Å². The number of ether oxygens (including phenoxy) is 2. The first kappa shape index (κ1) is 18.2. The highest BCUT2D eigenvalue weighted by atomic mass is 19.3. The molecule has 0 saturated heterocycles. The molecule has 132 valence electrons. The molecule has 0 fully saturated rings. The summed E-state index contributed by atoms with van der Waals surface area (Å²) < 4.78 is 33.5. The van der Waals surface area contributed by atoms with Crippen molar-refractivity contribution in [2.75, 3.05) is 5.32 Å². The zero-order chi connectivity index (χ0) is 18.4. The van der Waals surface area contributed by atoms with E-state index < -0.39 is 24.6 Å². The maximum atomic E-state index is 12.2. The smallest absolute Gasteiger partial charge is 0.387 e. The molecule has 2 rings (SSSR count). The third-order valence-electron chi connectivity index (χ3n) is 3.19. The maximum Gasteiger partial charge on any atom is 0.387 e. The van der Waals surface area contributed by atoms with Gasteiger partial charge in [0.05, 0.1) is 11.3 Å². The van der Waals surface area contributed by atoms with Gasteiger partial charge >= 0.3 is 12.6 Å². The summed E-state index contributed by atoms with van der Waals surface area (Å²) in [6, 6.07) is 12.3. The van der Waals surface area contributed by atoms with Gasteiger partial charge in [-0.05, 0) is 43.3 Å². The van der Waals surface area contributed by atoms with Crippen LogP contribution >= 0.6 is 0 Å². The van der Waals surface area contributed by atoms with Gasteiger partial charge in [-0.3, -0.25) is 4.79 Å². The van der Waals surface area contributed by atoms with E-state index in [0.717, 1.165) is 0 Å². The average molecular weight is 350 g/mol. The van der Waals surface area contributed by atoms with Gasteiger partial charge in [0, 0.05) is 5.69 Å². The molecule has 0 aliphatic heterocycles. The van der Waals surface area contributed by atoms with Crippen molar-refractivity contribution in [3.05, 3.63) is 54.1 Å². The summed E-state index contributed by atoms with van der Waals surface area (Å²) in [4.78, 5) is 23.2. The summed E-state index contributed by atoms with van der Waals surface area (Å²) in [6.45, 7) is -1.53. The van der Waals surface area contributed by atoms with Crippen LogP contribution in [0.4, 0.5) is 20.2 Å². The number of halogens is 2. The van der Waals surface area contributed by atoms with Gasteiger partial charge in [0.2, 0.25) is 0 Å². The summed E-state index contributed by atoms with van der Waals surface area (Å²) in [6.07, 6.45) is -1.06. The Morgan fingerprint density at radius 1 is 1.08 bits per heavy atom. The fraction of sp³-hybridized carbons (Fsp3) is 0.176. The van der Waals surface area contributed by atoms with Crippen LogP contribution in [0.15, 0.2) is 48.5 Å². The zero-order valence-corrected chi connectivity index (χ0v) is 13.2. The highest BCUT2D eigenvalue weighted by molar-refractivity contribution is 5.97. The molecule has 8 heteroatoms. The molecular weight excluding hydrogens is 334 g/mol. The minimum absolute atomic E-state index is 0.0172. The van der Waals surface area contributed by atoms with Gasteiger partial charge in [-0.15, -0.1) is 0 Å². The zero-order valence-electron chi connectivity index (χ0n) is 13.2. The summed E-state index contributed by atoms with van der Waals surface area (Å²) >= 11 is 0. The number of primary amides is 1. The number of rotatable bonds is 7. The molecule has 0 unspecified atom stereocenters. The molecule has 0 aliphatic carbocycles. The van der Waals surface area contributed by atoms with Gasteiger partial charge in [0.15, 0.2) is 6.10 Å². The molecule has 0 saturated carbocycles. The number of hydrogen-bond donors (Lipinski definition) is 2. The van der Waals surface area contributed by atoms with Crippen LogP contribution in [0.3, 0.4) is 0 Å². The minimum Gasteiger partial charge on any atom is -0.449 e. The lowest BCUT2D eigenvalue weighted by Crippen LogP contribution is -2.30. The topological polar surface area (TPSA) is 90.7 Å². The number of alkyl halides is 2. The second-order valence-electron chi connectivity index (χ2n) is 5.02. The van der Waals surface area contributed by atoms with E-state index in [0.29, 0.717) is 11.4 Å². The van der Waals surface area contributed by atoms with Crippen LogP contribution in [0.5, 0.6) is 5.75 Å². The Morgan fingerprint density at radius 2 is 1.72 bits per heavy atom. The first-order valence-electron chi connectivity index (χ1n) is 7.28. The SMILES string of the molecule is C[C@@H](OC(=O)c1ccccc1Nc1ccc(OC(F)F)cc1)C(N)=O. The molecule has 2 aromatic rings. The van der Waals surface area contributed by atoms with Crippen LogP contribution in [-0.4, -0.2) is 24.6 Å². The van der Waals surface area contributed by atoms with E-state index in [2.05, 4.69) is 10.1 Å². The van der Waals surface area contributed by atoms with Gasteiger partial charge in [-0.25, -0.2) is 4.79 Å². The molecule has 0 spiro atoms. The third-order valence-corrected chi connectivity index (χ3v) is 3.19. The number of hydrogen-bond acceptors (Lipinski definition) is 5. The molecule has 2 aromatic carbocycles. The first-order valence-corrected chi connectivity index (χ1v) is 7.28. The number of para-hydroxylation sites is 1. The number of benzene rings is 2. The molecule has 0 bridgehead atoms. The fourth-order valence-electron chi connectivity index (χ4n) is 1.93. The Kier molecular flexibility index (Phi) is 5.89. The van der Waals surface area contributed by atoms with E-state index in [9.17, 15) is 18.4 Å². The summed E-state index contributed by atoms with van der Waals surface area (Å²) in [7, 11) is 0. The summed E-state index contributed by atoms with van der Waals surface area (Å²) in [5.74, 6) is -1.45. The molecule has 1 atom stereocenters. The van der Waals surface area contributed by atoms with Crippen molar-refractivity contribution in [2.45, 2.75) is 19.6 Å². The highest BCUT2D eigenvalue weighted by Gasteiger charge is 2.18. The number of anilines is 2. The van der Waals surface area contributed by atoms with Crippen molar-refractivity contribution >= 4 is 23.3 Å². The van der Waals surface area contributed by atoms with Crippen molar-refractivity contribution in [3.8, 4) is 5.75 Å². The van der Waals surface area contributed by atoms with Gasteiger partial charge in [-0.1, -0.05) is 12.1 Å². The van der Waals surface area contributed by atoms with E-state index in [-0.39, 0.29) is 11.3 Å². The standard InChI is InChI=1S/C17H16F2N2O4/c1-10(15(20)22)24-16(23)13-4-2-3-5-14(13)21-11-6-8-12(9-7-11)25-17(18)19/h2-10,17,21H,1H3,(H2,20,22)/t10-/m1/s1. The predicted molar refractivity (Wildman–Crippen MR) is 86.9 cm³/mol. The average Bonchev–Trinajstić information content (AvgIpc) is 2.56. The number of nitrogens with one attached hydrogen (secondary N) is 1. The van der Waals surface area contributed by atoms with Crippen LogP contribution in [0.2, 0.25) is 0 Å². The van der Waals surface area contributed by atoms with Crippen molar-refractivity contribution in [3.63, 3.8) is 0 Å². The van der Waals surface area contributed by atoms with E-state index in [1.807, 2.05) is 0 Å². The maximum absolute atomic E-state index is 12.2. The van der Waals surface area contributed by atoms with Crippen LogP contribution in [0.25, 0.3) is 0 Å². The molecule has 0 radical (unpaired) electrons. The lowest BCUT2D eigenvalue weighted by atomic mass is 10.1. The second kappa shape index (κ2) is 8.09. The molecule has 25 heavy (non-hydrogen) atoms. The Labute approximate surface area is 142 Å². The van der Waals surface area contributed by atoms with E-state index >= 15 is 0 Å². The monoisotopic (exact) mass is 350 g/mol. The number of carbonyl (C=O) groups excluding carboxylic acids is 2. The Bertz CT molecular complexity index is 751. The highest BCUT2D eigenvalue weighted by Crippen LogP contribution is 2.24. The molecule has 0 aromatic heterocycles. The van der Waals surface area contributed by atoms with Crippen molar-refractivity contribution < 1.29 is 27.8 Å². The van der Waals surface area contributed by atoms with Crippen LogP contribution in [-0.2, 0) is 9.53 Å². The minimum atomic E-state index is -2.90. The van der Waals surface area contributed by atoms with Crippen LogP contribution in [0.1, 0.15) is 17.3 Å². The molecule has 0 aliphatic rings. The van der Waals surface area contributed by atoms with Crippen molar-refractivity contribution in [1.29, 1.82) is 0 Å². The molecular formula is C17H16F2N2O4. The number of carbonyl (C=O) groups is 2. The van der Waals surface area contributed by atoms with Gasteiger partial charge in [0.1, 0.15) is 5.75 Å². The van der Waals surface area contributed by atoms with E-state index in [1.165, 1.54) is 37.3 Å². The molecule has 6 nitrogen and oxygen atoms in total. The Hall–Kier alpha value is -3.16. The van der Waals surface area contributed by atoms with Gasteiger partial charge in [-0.2, -0.15) is 8.78 Å².